The highest BCUT2D eigenvalue weighted by Gasteiger charge is 1.96. The van der Waals surface area contributed by atoms with Gasteiger partial charge < -0.3 is 0 Å². The van der Waals surface area contributed by atoms with Gasteiger partial charge in [-0.15, -0.1) is 0 Å². The molecule has 0 aliphatic carbocycles. The molecule has 0 atom stereocenters. The Balaban J connectivity index is 0.000000980. The lowest BCUT2D eigenvalue weighted by molar-refractivity contribution is 1.20. The average molecular weight is 186 g/mol. The number of nitrogens with zero attached hydrogens (tertiary/aromatic N) is 2. The standard InChI is InChI=1S/C11H10N2.CH4/c1-9-3-2-4-11(13-9)10-5-7-12-8-6-10;/h2-8H,1H3;1H4. The predicted octanol–water partition coefficient (Wildman–Crippen LogP) is 3.09. The van der Waals surface area contributed by atoms with Crippen LogP contribution in [0.4, 0.5) is 0 Å². The normalized spacial score (nSPS) is 9.21. The van der Waals surface area contributed by atoms with Crippen molar-refractivity contribution in [2.75, 3.05) is 0 Å². The zero-order valence-electron chi connectivity index (χ0n) is 7.44. The number of pyridine rings is 2. The lowest BCUT2D eigenvalue weighted by atomic mass is 10.2. The van der Waals surface area contributed by atoms with Crippen molar-refractivity contribution in [2.24, 2.45) is 0 Å². The number of hydrogen-bond donors (Lipinski definition) is 0. The maximum absolute atomic E-state index is 4.42. The highest BCUT2D eigenvalue weighted by Crippen LogP contribution is 2.14. The van der Waals surface area contributed by atoms with Gasteiger partial charge in [-0.25, -0.2) is 0 Å². The quantitative estimate of drug-likeness (QED) is 0.684. The van der Waals surface area contributed by atoms with Crippen LogP contribution in [0.15, 0.2) is 42.7 Å². The van der Waals surface area contributed by atoms with E-state index in [4.69, 9.17) is 0 Å². The Hall–Kier alpha value is -1.70. The third kappa shape index (κ3) is 2.16. The molecule has 2 heteroatoms. The first-order chi connectivity index (χ1) is 6.36. The van der Waals surface area contributed by atoms with Crippen molar-refractivity contribution in [3.8, 4) is 11.3 Å². The zero-order valence-corrected chi connectivity index (χ0v) is 7.44. The molecule has 0 aliphatic heterocycles. The van der Waals surface area contributed by atoms with Crippen molar-refractivity contribution in [3.05, 3.63) is 48.4 Å². The summed E-state index contributed by atoms with van der Waals surface area (Å²) in [7, 11) is 0. The molecule has 0 fully saturated rings. The van der Waals surface area contributed by atoms with E-state index in [1.165, 1.54) is 0 Å². The Labute approximate surface area is 84.7 Å². The van der Waals surface area contributed by atoms with Gasteiger partial charge in [0.1, 0.15) is 0 Å². The molecule has 0 saturated heterocycles. The first-order valence-corrected chi connectivity index (χ1v) is 4.20. The number of aromatic nitrogens is 2. The van der Waals surface area contributed by atoms with E-state index in [1.807, 2.05) is 37.3 Å². The molecule has 2 aromatic heterocycles. The Morgan fingerprint density at radius 2 is 1.71 bits per heavy atom. The third-order valence-corrected chi connectivity index (χ3v) is 1.86. The lowest BCUT2D eigenvalue weighted by Gasteiger charge is -2.00. The minimum Gasteiger partial charge on any atom is -0.265 e. The molecule has 0 aliphatic rings. The fourth-order valence-corrected chi connectivity index (χ4v) is 1.23. The first-order valence-electron chi connectivity index (χ1n) is 4.20. The summed E-state index contributed by atoms with van der Waals surface area (Å²) in [4.78, 5) is 8.38. The number of rotatable bonds is 1. The molecule has 0 unspecified atom stereocenters. The fourth-order valence-electron chi connectivity index (χ4n) is 1.23. The van der Waals surface area contributed by atoms with Gasteiger partial charge in [0, 0.05) is 23.7 Å². The second-order valence-electron chi connectivity index (χ2n) is 2.90. The Bertz CT molecular complexity index is 396. The summed E-state index contributed by atoms with van der Waals surface area (Å²) in [5, 5.41) is 0. The fraction of sp³-hybridized carbons (Fsp3) is 0.167. The molecule has 0 amide bonds. The first kappa shape index (κ1) is 10.4. The summed E-state index contributed by atoms with van der Waals surface area (Å²) in [6, 6.07) is 9.93. The van der Waals surface area contributed by atoms with Gasteiger partial charge in [0.25, 0.3) is 0 Å². The van der Waals surface area contributed by atoms with Crippen molar-refractivity contribution >= 4 is 0 Å². The van der Waals surface area contributed by atoms with Gasteiger partial charge in [-0.1, -0.05) is 13.5 Å². The molecule has 0 bridgehead atoms. The lowest BCUT2D eigenvalue weighted by Crippen LogP contribution is -1.85. The molecule has 2 aromatic rings. The SMILES string of the molecule is C.Cc1cccc(-c2ccncc2)n1. The van der Waals surface area contributed by atoms with E-state index in [0.717, 1.165) is 17.0 Å². The van der Waals surface area contributed by atoms with E-state index < -0.39 is 0 Å². The van der Waals surface area contributed by atoms with Crippen molar-refractivity contribution in [1.82, 2.24) is 9.97 Å². The van der Waals surface area contributed by atoms with Crippen LogP contribution in [-0.2, 0) is 0 Å². The van der Waals surface area contributed by atoms with E-state index in [9.17, 15) is 0 Å². The summed E-state index contributed by atoms with van der Waals surface area (Å²) in [6.07, 6.45) is 3.55. The molecular weight excluding hydrogens is 172 g/mol. The highest BCUT2D eigenvalue weighted by molar-refractivity contribution is 5.57. The van der Waals surface area contributed by atoms with E-state index in [0.29, 0.717) is 0 Å². The van der Waals surface area contributed by atoms with Crippen LogP contribution in [0.3, 0.4) is 0 Å². The van der Waals surface area contributed by atoms with Crippen LogP contribution in [0.5, 0.6) is 0 Å². The van der Waals surface area contributed by atoms with Crippen LogP contribution < -0.4 is 0 Å². The van der Waals surface area contributed by atoms with Crippen LogP contribution >= 0.6 is 0 Å². The molecule has 2 heterocycles. The van der Waals surface area contributed by atoms with E-state index >= 15 is 0 Å². The third-order valence-electron chi connectivity index (χ3n) is 1.86. The van der Waals surface area contributed by atoms with Crippen molar-refractivity contribution in [2.45, 2.75) is 14.4 Å². The summed E-state index contributed by atoms with van der Waals surface area (Å²) in [5.41, 5.74) is 3.15. The number of hydrogen-bond acceptors (Lipinski definition) is 2. The van der Waals surface area contributed by atoms with Gasteiger partial charge in [-0.05, 0) is 31.2 Å². The largest absolute Gasteiger partial charge is 0.265 e. The minimum atomic E-state index is 0. The van der Waals surface area contributed by atoms with Crippen molar-refractivity contribution in [3.63, 3.8) is 0 Å². The van der Waals surface area contributed by atoms with Crippen molar-refractivity contribution in [1.29, 1.82) is 0 Å². The Morgan fingerprint density at radius 1 is 1.00 bits per heavy atom. The van der Waals surface area contributed by atoms with Gasteiger partial charge in [0.15, 0.2) is 0 Å². The predicted molar refractivity (Wildman–Crippen MR) is 58.9 cm³/mol. The maximum Gasteiger partial charge on any atom is 0.0706 e. The van der Waals surface area contributed by atoms with E-state index in [1.54, 1.807) is 12.4 Å². The van der Waals surface area contributed by atoms with Crippen molar-refractivity contribution < 1.29 is 0 Å². The second-order valence-corrected chi connectivity index (χ2v) is 2.90. The van der Waals surface area contributed by atoms with Gasteiger partial charge >= 0.3 is 0 Å². The Morgan fingerprint density at radius 3 is 2.36 bits per heavy atom. The zero-order chi connectivity index (χ0) is 9.10. The minimum absolute atomic E-state index is 0. The summed E-state index contributed by atoms with van der Waals surface area (Å²) < 4.78 is 0. The smallest absolute Gasteiger partial charge is 0.0706 e. The molecular formula is C12H14N2. The van der Waals surface area contributed by atoms with Crippen LogP contribution in [-0.4, -0.2) is 9.97 Å². The van der Waals surface area contributed by atoms with Gasteiger partial charge in [-0.2, -0.15) is 0 Å². The molecule has 2 rings (SSSR count). The van der Waals surface area contributed by atoms with Crippen LogP contribution in [0.1, 0.15) is 13.1 Å². The Kier molecular flexibility index (Phi) is 3.35. The van der Waals surface area contributed by atoms with Crippen LogP contribution in [0, 0.1) is 6.92 Å². The average Bonchev–Trinajstić information content (AvgIpc) is 2.19. The summed E-state index contributed by atoms with van der Waals surface area (Å²) >= 11 is 0. The molecule has 0 N–H and O–H groups in total. The van der Waals surface area contributed by atoms with Crippen LogP contribution in [0.25, 0.3) is 11.3 Å². The summed E-state index contributed by atoms with van der Waals surface area (Å²) in [5.74, 6) is 0. The molecule has 0 radical (unpaired) electrons. The molecule has 72 valence electrons. The molecule has 2 nitrogen and oxygen atoms in total. The van der Waals surface area contributed by atoms with Crippen LogP contribution in [0.2, 0.25) is 0 Å². The molecule has 0 aromatic carbocycles. The summed E-state index contributed by atoms with van der Waals surface area (Å²) in [6.45, 7) is 1.99. The maximum atomic E-state index is 4.42. The molecule has 0 saturated carbocycles. The highest BCUT2D eigenvalue weighted by atomic mass is 14.7. The monoisotopic (exact) mass is 186 g/mol. The van der Waals surface area contributed by atoms with Gasteiger partial charge in [0.05, 0.1) is 5.69 Å². The van der Waals surface area contributed by atoms with E-state index in [2.05, 4.69) is 9.97 Å². The van der Waals surface area contributed by atoms with Gasteiger partial charge in [0.2, 0.25) is 0 Å². The van der Waals surface area contributed by atoms with E-state index in [-0.39, 0.29) is 7.43 Å². The molecule has 0 spiro atoms. The van der Waals surface area contributed by atoms with Gasteiger partial charge in [-0.3, -0.25) is 9.97 Å². The number of aryl methyl sites for hydroxylation is 1. The topological polar surface area (TPSA) is 25.8 Å². The second kappa shape index (κ2) is 4.51. The molecule has 14 heavy (non-hydrogen) atoms.